The van der Waals surface area contributed by atoms with Gasteiger partial charge in [0.15, 0.2) is 17.4 Å². The van der Waals surface area contributed by atoms with E-state index in [1.165, 1.54) is 6.07 Å². The number of carbonyl (C=O) groups excluding carboxylic acids is 2. The molecule has 1 aromatic carbocycles. The van der Waals surface area contributed by atoms with Crippen LogP contribution in [0, 0.1) is 23.0 Å². The lowest BCUT2D eigenvalue weighted by molar-refractivity contribution is -0.127. The zero-order chi connectivity index (χ0) is 22.1. The first-order valence-corrected chi connectivity index (χ1v) is 10.0. The van der Waals surface area contributed by atoms with Gasteiger partial charge in [0.25, 0.3) is 0 Å². The Labute approximate surface area is 174 Å². The van der Waals surface area contributed by atoms with Gasteiger partial charge >= 0.3 is 0 Å². The Balaban J connectivity index is 2.04. The normalized spacial score (nSPS) is 15.3. The van der Waals surface area contributed by atoms with Crippen LogP contribution in [-0.2, 0) is 22.7 Å². The van der Waals surface area contributed by atoms with Gasteiger partial charge < -0.3 is 14.6 Å². The minimum Gasteiger partial charge on any atom is -0.375 e. The summed E-state index contributed by atoms with van der Waals surface area (Å²) in [4.78, 5) is 30.1. The van der Waals surface area contributed by atoms with E-state index in [2.05, 4.69) is 10.3 Å². The van der Waals surface area contributed by atoms with Crippen LogP contribution >= 0.6 is 0 Å². The monoisotopic (exact) mass is 419 g/mol. The third-order valence-corrected chi connectivity index (χ3v) is 5.42. The van der Waals surface area contributed by atoms with Crippen LogP contribution in [0.1, 0.15) is 49.8 Å². The predicted molar refractivity (Wildman–Crippen MR) is 108 cm³/mol. The summed E-state index contributed by atoms with van der Waals surface area (Å²) >= 11 is 0. The van der Waals surface area contributed by atoms with Crippen LogP contribution < -0.4 is 5.32 Å². The number of benzene rings is 1. The molecule has 1 N–H and O–H groups in total. The van der Waals surface area contributed by atoms with Gasteiger partial charge in [-0.15, -0.1) is 0 Å². The second-order valence-corrected chi connectivity index (χ2v) is 8.58. The first-order chi connectivity index (χ1) is 14.1. The molecule has 0 aliphatic carbocycles. The van der Waals surface area contributed by atoms with E-state index in [9.17, 15) is 18.4 Å². The first kappa shape index (κ1) is 22.1. The molecule has 6 nitrogen and oxygen atoms in total. The number of nitrogens with one attached hydrogen (secondary N) is 1. The van der Waals surface area contributed by atoms with Crippen molar-refractivity contribution >= 4 is 11.7 Å². The number of rotatable bonds is 5. The summed E-state index contributed by atoms with van der Waals surface area (Å²) in [5.41, 5.74) is 0.776. The number of hydrogen-bond donors (Lipinski definition) is 1. The van der Waals surface area contributed by atoms with Gasteiger partial charge in [-0.2, -0.15) is 0 Å². The van der Waals surface area contributed by atoms with E-state index in [0.717, 1.165) is 12.1 Å². The van der Waals surface area contributed by atoms with E-state index < -0.39 is 23.0 Å². The van der Waals surface area contributed by atoms with E-state index >= 15 is 0 Å². The summed E-state index contributed by atoms with van der Waals surface area (Å²) in [5, 5.41) is 2.62. The molecule has 162 valence electrons. The molecule has 0 spiro atoms. The fourth-order valence-corrected chi connectivity index (χ4v) is 3.69. The molecule has 0 fully saturated rings. The zero-order valence-electron chi connectivity index (χ0n) is 17.7. The molecule has 0 saturated heterocycles. The SMILES string of the molecule is CNC(=O)[C@@H](CC(=O)c1nc(-c2ccc(F)c(F)c2)n2c1COCCC2)C(C)(C)C. The average molecular weight is 419 g/mol. The maximum absolute atomic E-state index is 13.8. The quantitative estimate of drug-likeness (QED) is 0.750. The number of ketones is 1. The molecule has 2 aromatic rings. The highest BCUT2D eigenvalue weighted by Crippen LogP contribution is 2.32. The minimum absolute atomic E-state index is 0.00952. The van der Waals surface area contributed by atoms with Crippen molar-refractivity contribution in [3.05, 3.63) is 41.2 Å². The summed E-state index contributed by atoms with van der Waals surface area (Å²) in [5.74, 6) is -2.55. The van der Waals surface area contributed by atoms with E-state index in [0.29, 0.717) is 36.7 Å². The van der Waals surface area contributed by atoms with Gasteiger partial charge in [-0.3, -0.25) is 9.59 Å². The number of ether oxygens (including phenoxy) is 1. The van der Waals surface area contributed by atoms with Gasteiger partial charge in [-0.25, -0.2) is 13.8 Å². The summed E-state index contributed by atoms with van der Waals surface area (Å²) < 4.78 is 34.7. The topological polar surface area (TPSA) is 73.2 Å². The number of carbonyl (C=O) groups is 2. The van der Waals surface area contributed by atoms with Crippen molar-refractivity contribution in [3.8, 4) is 11.4 Å². The molecule has 1 amide bonds. The highest BCUT2D eigenvalue weighted by atomic mass is 19.2. The minimum atomic E-state index is -0.977. The number of halogens is 2. The highest BCUT2D eigenvalue weighted by Gasteiger charge is 2.35. The number of Topliss-reactive ketones (excluding diaryl/α,β-unsaturated/α-hetero) is 1. The highest BCUT2D eigenvalue weighted by molar-refractivity contribution is 5.98. The van der Waals surface area contributed by atoms with Crippen molar-refractivity contribution in [2.45, 2.75) is 46.8 Å². The molecule has 3 rings (SSSR count). The van der Waals surface area contributed by atoms with E-state index in [-0.39, 0.29) is 30.4 Å². The molecule has 0 saturated carbocycles. The molecule has 0 unspecified atom stereocenters. The molecule has 8 heteroatoms. The number of fused-ring (bicyclic) bond motifs is 1. The van der Waals surface area contributed by atoms with Gasteiger partial charge in [0.1, 0.15) is 11.5 Å². The van der Waals surface area contributed by atoms with Crippen molar-refractivity contribution in [1.29, 1.82) is 0 Å². The van der Waals surface area contributed by atoms with E-state index in [4.69, 9.17) is 4.74 Å². The summed E-state index contributed by atoms with van der Waals surface area (Å²) in [7, 11) is 1.54. The molecular formula is C22H27F2N3O3. The first-order valence-electron chi connectivity index (χ1n) is 10.0. The van der Waals surface area contributed by atoms with Crippen molar-refractivity contribution in [1.82, 2.24) is 14.9 Å². The molecule has 2 heterocycles. The lowest BCUT2D eigenvalue weighted by atomic mass is 9.77. The average Bonchev–Trinajstić information content (AvgIpc) is 2.88. The van der Waals surface area contributed by atoms with Gasteiger partial charge in [0.2, 0.25) is 5.91 Å². The molecule has 1 atom stereocenters. The van der Waals surface area contributed by atoms with Gasteiger partial charge in [0, 0.05) is 32.2 Å². The standard InChI is InChI=1S/C22H27F2N3O3/c1-22(2,3)14(21(29)25-4)11-18(28)19-17-12-30-9-5-8-27(17)20(26-19)13-6-7-15(23)16(24)10-13/h6-7,10,14H,5,8-9,11-12H2,1-4H3,(H,25,29)/t14-/m1/s1. The summed E-state index contributed by atoms with van der Waals surface area (Å²) in [6, 6.07) is 3.56. The maximum Gasteiger partial charge on any atom is 0.223 e. The maximum atomic E-state index is 13.8. The van der Waals surface area contributed by atoms with Crippen molar-refractivity contribution in [2.24, 2.45) is 11.3 Å². The van der Waals surface area contributed by atoms with E-state index in [1.54, 1.807) is 7.05 Å². The number of nitrogens with zero attached hydrogens (tertiary/aromatic N) is 2. The molecular weight excluding hydrogens is 392 g/mol. The molecule has 30 heavy (non-hydrogen) atoms. The van der Waals surface area contributed by atoms with Crippen molar-refractivity contribution in [2.75, 3.05) is 13.7 Å². The van der Waals surface area contributed by atoms with Crippen LogP contribution in [0.25, 0.3) is 11.4 Å². The second kappa shape index (κ2) is 8.63. The molecule has 0 bridgehead atoms. The van der Waals surface area contributed by atoms with Crippen LogP contribution in [0.3, 0.4) is 0 Å². The number of hydrogen-bond acceptors (Lipinski definition) is 4. The Morgan fingerprint density at radius 2 is 2.00 bits per heavy atom. The zero-order valence-corrected chi connectivity index (χ0v) is 17.7. The number of imidazole rings is 1. The number of aromatic nitrogens is 2. The molecule has 0 radical (unpaired) electrons. The Bertz CT molecular complexity index is 963. The van der Waals surface area contributed by atoms with Gasteiger partial charge in [0.05, 0.1) is 18.2 Å². The third kappa shape index (κ3) is 4.43. The molecule has 1 aliphatic rings. The van der Waals surface area contributed by atoms with Crippen LogP contribution in [0.2, 0.25) is 0 Å². The Hall–Kier alpha value is -2.61. The number of amides is 1. The van der Waals surface area contributed by atoms with Crippen molar-refractivity contribution < 1.29 is 23.1 Å². The predicted octanol–water partition coefficient (Wildman–Crippen LogP) is 3.73. The van der Waals surface area contributed by atoms with Crippen LogP contribution in [0.4, 0.5) is 8.78 Å². The Morgan fingerprint density at radius 3 is 2.63 bits per heavy atom. The third-order valence-electron chi connectivity index (χ3n) is 5.42. The fourth-order valence-electron chi connectivity index (χ4n) is 3.69. The second-order valence-electron chi connectivity index (χ2n) is 8.58. The lowest BCUT2D eigenvalue weighted by Crippen LogP contribution is -2.37. The van der Waals surface area contributed by atoms with Crippen LogP contribution in [0.5, 0.6) is 0 Å². The largest absolute Gasteiger partial charge is 0.375 e. The summed E-state index contributed by atoms with van der Waals surface area (Å²) in [6.45, 7) is 6.98. The molecule has 1 aromatic heterocycles. The fraction of sp³-hybridized carbons (Fsp3) is 0.500. The summed E-state index contributed by atoms with van der Waals surface area (Å²) in [6.07, 6.45) is 0.695. The van der Waals surface area contributed by atoms with Gasteiger partial charge in [-0.1, -0.05) is 20.8 Å². The van der Waals surface area contributed by atoms with Crippen LogP contribution in [-0.4, -0.2) is 34.9 Å². The van der Waals surface area contributed by atoms with Crippen LogP contribution in [0.15, 0.2) is 18.2 Å². The molecule has 1 aliphatic heterocycles. The van der Waals surface area contributed by atoms with E-state index in [1.807, 2.05) is 25.3 Å². The Kier molecular flexibility index (Phi) is 6.36. The lowest BCUT2D eigenvalue weighted by Gasteiger charge is -2.28. The Morgan fingerprint density at radius 1 is 1.27 bits per heavy atom. The van der Waals surface area contributed by atoms with Gasteiger partial charge in [-0.05, 0) is 30.0 Å². The van der Waals surface area contributed by atoms with Crippen molar-refractivity contribution in [3.63, 3.8) is 0 Å². The smallest absolute Gasteiger partial charge is 0.223 e.